The lowest BCUT2D eigenvalue weighted by atomic mass is 10.2. The summed E-state index contributed by atoms with van der Waals surface area (Å²) in [6, 6.07) is 0. The number of aromatic nitrogens is 2. The molecule has 0 aliphatic heterocycles. The van der Waals surface area contributed by atoms with Gasteiger partial charge in [0.15, 0.2) is 5.69 Å². The Morgan fingerprint density at radius 3 is 2.70 bits per heavy atom. The van der Waals surface area contributed by atoms with Crippen LogP contribution in [0.4, 0.5) is 0 Å². The van der Waals surface area contributed by atoms with Gasteiger partial charge in [0.05, 0.1) is 12.3 Å². The molecule has 7 nitrogen and oxygen atoms in total. The van der Waals surface area contributed by atoms with E-state index in [1.807, 2.05) is 6.92 Å². The molecule has 0 unspecified atom stereocenters. The highest BCUT2D eigenvalue weighted by Crippen LogP contribution is 2.43. The van der Waals surface area contributed by atoms with Crippen LogP contribution in [0, 0.1) is 0 Å². The molecule has 1 aromatic heterocycles. The van der Waals surface area contributed by atoms with E-state index in [4.69, 9.17) is 20.2 Å². The number of carbonyl (C=O) groups is 1. The molecule has 1 aliphatic carbocycles. The lowest BCUT2D eigenvalue weighted by Crippen LogP contribution is -2.13. The van der Waals surface area contributed by atoms with E-state index >= 15 is 0 Å². The van der Waals surface area contributed by atoms with Crippen molar-refractivity contribution in [2.24, 2.45) is 0 Å². The number of ether oxygens (including phenoxy) is 2. The molecule has 1 aliphatic rings. The Morgan fingerprint density at radius 2 is 2.15 bits per heavy atom. The van der Waals surface area contributed by atoms with Crippen molar-refractivity contribution in [3.63, 3.8) is 0 Å². The van der Waals surface area contributed by atoms with Gasteiger partial charge in [0.25, 0.3) is 9.05 Å². The largest absolute Gasteiger partial charge is 0.458 e. The molecule has 0 radical (unpaired) electrons. The fourth-order valence-electron chi connectivity index (χ4n) is 1.79. The average Bonchev–Trinajstić information content (AvgIpc) is 3.11. The number of hydrogen-bond acceptors (Lipinski definition) is 6. The van der Waals surface area contributed by atoms with Crippen molar-refractivity contribution in [2.45, 2.75) is 30.6 Å². The SMILES string of the molecule is CCOCCOC(=O)c1n[nH]c(C2CC2)c1S(=O)(=O)Cl. The van der Waals surface area contributed by atoms with Crippen LogP contribution in [0.1, 0.15) is 41.9 Å². The fourth-order valence-corrected chi connectivity index (χ4v) is 3.09. The monoisotopic (exact) mass is 322 g/mol. The van der Waals surface area contributed by atoms with Crippen molar-refractivity contribution in [1.29, 1.82) is 0 Å². The zero-order valence-corrected chi connectivity index (χ0v) is 12.5. The summed E-state index contributed by atoms with van der Waals surface area (Å²) in [5, 5.41) is 6.32. The fraction of sp³-hybridized carbons (Fsp3) is 0.636. The van der Waals surface area contributed by atoms with Crippen LogP contribution in [0.15, 0.2) is 4.90 Å². The van der Waals surface area contributed by atoms with Crippen LogP contribution >= 0.6 is 10.7 Å². The Morgan fingerprint density at radius 1 is 1.45 bits per heavy atom. The van der Waals surface area contributed by atoms with Gasteiger partial charge in [-0.15, -0.1) is 0 Å². The zero-order valence-electron chi connectivity index (χ0n) is 10.9. The third kappa shape index (κ3) is 3.50. The summed E-state index contributed by atoms with van der Waals surface area (Å²) < 4.78 is 33.2. The van der Waals surface area contributed by atoms with E-state index in [-0.39, 0.29) is 29.7 Å². The second-order valence-electron chi connectivity index (χ2n) is 4.36. The summed E-state index contributed by atoms with van der Waals surface area (Å²) in [6.45, 7) is 2.59. The van der Waals surface area contributed by atoms with E-state index in [9.17, 15) is 13.2 Å². The number of hydrogen-bond donors (Lipinski definition) is 1. The molecule has 2 rings (SSSR count). The van der Waals surface area contributed by atoms with Crippen LogP contribution in [0.3, 0.4) is 0 Å². The van der Waals surface area contributed by atoms with Gasteiger partial charge in [-0.3, -0.25) is 5.10 Å². The van der Waals surface area contributed by atoms with Gasteiger partial charge in [0.1, 0.15) is 11.5 Å². The predicted molar refractivity (Wildman–Crippen MR) is 70.4 cm³/mol. The molecule has 0 saturated heterocycles. The molecular formula is C11H15ClN2O5S. The zero-order chi connectivity index (χ0) is 14.8. The number of aromatic amines is 1. The van der Waals surface area contributed by atoms with E-state index < -0.39 is 15.0 Å². The van der Waals surface area contributed by atoms with Gasteiger partial charge in [-0.2, -0.15) is 5.10 Å². The summed E-state index contributed by atoms with van der Waals surface area (Å²) in [7, 11) is 1.33. The first-order valence-electron chi connectivity index (χ1n) is 6.23. The Hall–Kier alpha value is -1.12. The highest BCUT2D eigenvalue weighted by atomic mass is 35.7. The van der Waals surface area contributed by atoms with Crippen molar-refractivity contribution in [3.05, 3.63) is 11.4 Å². The maximum atomic E-state index is 11.8. The lowest BCUT2D eigenvalue weighted by molar-refractivity contribution is 0.0325. The Bertz CT molecular complexity index is 594. The molecule has 1 fully saturated rings. The van der Waals surface area contributed by atoms with Gasteiger partial charge in [0, 0.05) is 23.2 Å². The summed E-state index contributed by atoms with van der Waals surface area (Å²) in [4.78, 5) is 11.6. The molecule has 0 spiro atoms. The molecule has 0 amide bonds. The minimum atomic E-state index is -4.06. The minimum Gasteiger partial charge on any atom is -0.458 e. The second-order valence-corrected chi connectivity index (χ2v) is 6.86. The molecule has 1 heterocycles. The van der Waals surface area contributed by atoms with E-state index in [2.05, 4.69) is 10.2 Å². The van der Waals surface area contributed by atoms with Crippen molar-refractivity contribution in [1.82, 2.24) is 10.2 Å². The molecule has 20 heavy (non-hydrogen) atoms. The van der Waals surface area contributed by atoms with Gasteiger partial charge in [-0.05, 0) is 19.8 Å². The van der Waals surface area contributed by atoms with Crippen LogP contribution in [0.2, 0.25) is 0 Å². The maximum Gasteiger partial charge on any atom is 0.360 e. The molecule has 9 heteroatoms. The van der Waals surface area contributed by atoms with Gasteiger partial charge in [0.2, 0.25) is 0 Å². The maximum absolute atomic E-state index is 11.8. The number of halogens is 1. The van der Waals surface area contributed by atoms with Crippen LogP contribution < -0.4 is 0 Å². The van der Waals surface area contributed by atoms with Crippen LogP contribution in [0.25, 0.3) is 0 Å². The third-order valence-corrected chi connectivity index (χ3v) is 4.20. The normalized spacial score (nSPS) is 15.3. The number of nitrogens with zero attached hydrogens (tertiary/aromatic N) is 1. The minimum absolute atomic E-state index is 0.0278. The van der Waals surface area contributed by atoms with E-state index in [0.29, 0.717) is 12.3 Å². The van der Waals surface area contributed by atoms with Gasteiger partial charge in [-0.1, -0.05) is 0 Å². The third-order valence-electron chi connectivity index (χ3n) is 2.84. The summed E-state index contributed by atoms with van der Waals surface area (Å²) >= 11 is 0. The van der Waals surface area contributed by atoms with Gasteiger partial charge >= 0.3 is 5.97 Å². The van der Waals surface area contributed by atoms with E-state index in [1.54, 1.807) is 0 Å². The lowest BCUT2D eigenvalue weighted by Gasteiger charge is -2.04. The molecule has 1 N–H and O–H groups in total. The average molecular weight is 323 g/mol. The van der Waals surface area contributed by atoms with Gasteiger partial charge in [-0.25, -0.2) is 13.2 Å². The molecule has 1 aromatic rings. The molecule has 0 aromatic carbocycles. The molecule has 0 atom stereocenters. The number of H-pyrrole nitrogens is 1. The highest BCUT2D eigenvalue weighted by Gasteiger charge is 2.36. The van der Waals surface area contributed by atoms with Gasteiger partial charge < -0.3 is 9.47 Å². The standard InChI is InChI=1S/C11H15ClN2O5S/c1-2-18-5-6-19-11(15)9-10(20(12,16)17)8(13-14-9)7-3-4-7/h7H,2-6H2,1H3,(H,13,14). The van der Waals surface area contributed by atoms with Crippen LogP contribution in [-0.4, -0.2) is 44.4 Å². The van der Waals surface area contributed by atoms with Crippen molar-refractivity contribution in [3.8, 4) is 0 Å². The summed E-state index contributed by atoms with van der Waals surface area (Å²) in [6.07, 6.45) is 1.70. The van der Waals surface area contributed by atoms with Crippen molar-refractivity contribution < 1.29 is 22.7 Å². The molecule has 0 bridgehead atoms. The molecule has 112 valence electrons. The molecular weight excluding hydrogens is 308 g/mol. The Kier molecular flexibility index (Phi) is 4.66. The molecule has 1 saturated carbocycles. The van der Waals surface area contributed by atoms with Crippen molar-refractivity contribution >= 4 is 25.7 Å². The summed E-state index contributed by atoms with van der Waals surface area (Å²) in [5.41, 5.74) is 0.0927. The highest BCUT2D eigenvalue weighted by molar-refractivity contribution is 8.13. The Balaban J connectivity index is 2.17. The smallest absolute Gasteiger partial charge is 0.360 e. The number of nitrogens with one attached hydrogen (secondary N) is 1. The van der Waals surface area contributed by atoms with Crippen molar-refractivity contribution in [2.75, 3.05) is 19.8 Å². The van der Waals surface area contributed by atoms with E-state index in [1.165, 1.54) is 0 Å². The first-order valence-corrected chi connectivity index (χ1v) is 8.53. The van der Waals surface area contributed by atoms with E-state index in [0.717, 1.165) is 12.8 Å². The van der Waals surface area contributed by atoms with Crippen LogP contribution in [0.5, 0.6) is 0 Å². The first-order chi connectivity index (χ1) is 9.45. The number of esters is 1. The first kappa shape index (κ1) is 15.3. The second kappa shape index (κ2) is 6.11. The van der Waals surface area contributed by atoms with Crippen LogP contribution in [-0.2, 0) is 18.5 Å². The number of carbonyl (C=O) groups excluding carboxylic acids is 1. The summed E-state index contributed by atoms with van der Waals surface area (Å²) in [5.74, 6) is -0.761. The predicted octanol–water partition coefficient (Wildman–Crippen LogP) is 1.41. The number of rotatable bonds is 7. The quantitative estimate of drug-likeness (QED) is 0.463. The topological polar surface area (TPSA) is 98.3 Å². The Labute approximate surface area is 121 Å².